The molecule has 8 bridgehead atoms. The van der Waals surface area contributed by atoms with Crippen molar-refractivity contribution in [3.05, 3.63) is 71.8 Å². The topological polar surface area (TPSA) is 71.1 Å². The van der Waals surface area contributed by atoms with E-state index in [-0.39, 0.29) is 0 Å². The molecule has 0 amide bonds. The van der Waals surface area contributed by atoms with Crippen molar-refractivity contribution < 1.29 is 28.5 Å². The fraction of sp³-hybridized carbons (Fsp3) is 0.316. The first kappa shape index (κ1) is 36.1. The number of para-hydroxylation sites is 2. The number of carbonyl (C=O) groups is 2. The molecule has 6 nitrogen and oxygen atoms in total. The van der Waals surface area contributed by atoms with Gasteiger partial charge in [-0.1, -0.05) is 86.9 Å². The summed E-state index contributed by atoms with van der Waals surface area (Å²) in [6.07, 6.45) is 5.05. The van der Waals surface area contributed by atoms with E-state index in [1.165, 1.54) is 23.5 Å². The van der Waals surface area contributed by atoms with Crippen molar-refractivity contribution in [1.82, 2.24) is 0 Å². The molecule has 0 atom stereocenters. The van der Waals surface area contributed by atoms with E-state index in [1.807, 2.05) is 48.5 Å². The van der Waals surface area contributed by atoms with Crippen molar-refractivity contribution in [2.75, 3.05) is 26.4 Å². The van der Waals surface area contributed by atoms with Gasteiger partial charge in [-0.05, 0) is 74.2 Å². The Labute approximate surface area is 300 Å². The number of hydrogen-bond acceptors (Lipinski definition) is 10. The lowest BCUT2D eigenvalue weighted by Crippen LogP contribution is -2.04. The van der Waals surface area contributed by atoms with Crippen LogP contribution in [0.3, 0.4) is 0 Å². The standard InChI is InChI=1S/C38H40O6S4/c1-5-19-41-33-27-11-9-12-28(33)46-32-18-16-26(24-40)38(36(32)44-22-8-4)48-30-14-10-13-29(34(30)42-20-6-2)47-37-25(23-39)15-17-31(45-27)35(37)43-21-7-3/h9-18,23-24H,5-8,19-22H2,1-4H3. The Balaban J connectivity index is 1.83. The van der Waals surface area contributed by atoms with Gasteiger partial charge in [0.25, 0.3) is 0 Å². The lowest BCUT2D eigenvalue weighted by Gasteiger charge is -2.22. The summed E-state index contributed by atoms with van der Waals surface area (Å²) in [6, 6.07) is 19.7. The normalized spacial score (nSPS) is 12.2. The highest BCUT2D eigenvalue weighted by Gasteiger charge is 2.25. The van der Waals surface area contributed by atoms with Crippen LogP contribution >= 0.6 is 47.0 Å². The highest BCUT2D eigenvalue weighted by atomic mass is 32.2. The van der Waals surface area contributed by atoms with Gasteiger partial charge in [-0.3, -0.25) is 9.59 Å². The van der Waals surface area contributed by atoms with Gasteiger partial charge in [0.2, 0.25) is 0 Å². The predicted molar refractivity (Wildman–Crippen MR) is 196 cm³/mol. The number of benzene rings is 4. The number of fused-ring (bicyclic) bond motifs is 8. The Morgan fingerprint density at radius 3 is 1.08 bits per heavy atom. The molecule has 0 spiro atoms. The molecule has 1 aliphatic rings. The molecule has 1 heterocycles. The van der Waals surface area contributed by atoms with E-state index in [1.54, 1.807) is 23.5 Å². The van der Waals surface area contributed by atoms with Gasteiger partial charge in [-0.15, -0.1) is 0 Å². The first-order valence-corrected chi connectivity index (χ1v) is 19.6. The number of rotatable bonds is 14. The minimum atomic E-state index is 0.497. The van der Waals surface area contributed by atoms with Crippen LogP contribution in [0.25, 0.3) is 0 Å². The first-order valence-electron chi connectivity index (χ1n) is 16.3. The molecule has 0 saturated heterocycles. The van der Waals surface area contributed by atoms with Crippen LogP contribution in [0.2, 0.25) is 0 Å². The van der Waals surface area contributed by atoms with Gasteiger partial charge < -0.3 is 18.9 Å². The molecule has 4 aromatic carbocycles. The number of hydrogen-bond donors (Lipinski definition) is 0. The van der Waals surface area contributed by atoms with Gasteiger partial charge in [-0.25, -0.2) is 0 Å². The Hall–Kier alpha value is -3.18. The van der Waals surface area contributed by atoms with Gasteiger partial charge in [-0.2, -0.15) is 0 Å². The zero-order chi connectivity index (χ0) is 33.9. The summed E-state index contributed by atoms with van der Waals surface area (Å²) in [5, 5.41) is 0. The maximum Gasteiger partial charge on any atom is 0.151 e. The summed E-state index contributed by atoms with van der Waals surface area (Å²) in [7, 11) is 0. The zero-order valence-electron chi connectivity index (χ0n) is 27.7. The molecular weight excluding hydrogens is 681 g/mol. The minimum Gasteiger partial charge on any atom is -0.491 e. The van der Waals surface area contributed by atoms with E-state index in [2.05, 4.69) is 39.8 Å². The van der Waals surface area contributed by atoms with Crippen LogP contribution in [0, 0.1) is 0 Å². The third-order valence-electron chi connectivity index (χ3n) is 7.02. The second-order valence-corrected chi connectivity index (χ2v) is 15.1. The fourth-order valence-electron chi connectivity index (χ4n) is 4.82. The molecular formula is C38H40O6S4. The molecule has 1 aliphatic heterocycles. The molecule has 0 saturated carbocycles. The molecule has 48 heavy (non-hydrogen) atoms. The van der Waals surface area contributed by atoms with Crippen molar-refractivity contribution >= 4 is 59.6 Å². The molecule has 0 fully saturated rings. The van der Waals surface area contributed by atoms with Gasteiger partial charge >= 0.3 is 0 Å². The Bertz CT molecular complexity index is 1630. The second-order valence-electron chi connectivity index (χ2n) is 10.8. The Kier molecular flexibility index (Phi) is 13.5. The van der Waals surface area contributed by atoms with E-state index in [4.69, 9.17) is 18.9 Å². The summed E-state index contributed by atoms with van der Waals surface area (Å²) < 4.78 is 25.8. The lowest BCUT2D eigenvalue weighted by atomic mass is 10.2. The minimum absolute atomic E-state index is 0.497. The van der Waals surface area contributed by atoms with Crippen LogP contribution in [-0.4, -0.2) is 39.0 Å². The fourth-order valence-corrected chi connectivity index (χ4v) is 9.40. The van der Waals surface area contributed by atoms with Crippen molar-refractivity contribution in [3.63, 3.8) is 0 Å². The monoisotopic (exact) mass is 720 g/mol. The van der Waals surface area contributed by atoms with Crippen LogP contribution < -0.4 is 18.9 Å². The quantitative estimate of drug-likeness (QED) is 0.104. The molecule has 252 valence electrons. The van der Waals surface area contributed by atoms with Gasteiger partial charge in [0.05, 0.1) is 65.6 Å². The Morgan fingerprint density at radius 1 is 0.438 bits per heavy atom. The highest BCUT2D eigenvalue weighted by Crippen LogP contribution is 2.54. The summed E-state index contributed by atoms with van der Waals surface area (Å²) >= 11 is 6.04. The smallest absolute Gasteiger partial charge is 0.151 e. The summed E-state index contributed by atoms with van der Waals surface area (Å²) in [5.74, 6) is 2.78. The predicted octanol–water partition coefficient (Wildman–Crippen LogP) is 11.4. The number of ether oxygens (including phenoxy) is 4. The van der Waals surface area contributed by atoms with Crippen molar-refractivity contribution in [3.8, 4) is 23.0 Å². The van der Waals surface area contributed by atoms with Crippen LogP contribution in [0.1, 0.15) is 74.1 Å². The van der Waals surface area contributed by atoms with Crippen LogP contribution in [-0.2, 0) is 0 Å². The zero-order valence-corrected chi connectivity index (χ0v) is 30.9. The van der Waals surface area contributed by atoms with E-state index in [9.17, 15) is 9.59 Å². The molecule has 5 rings (SSSR count). The van der Waals surface area contributed by atoms with Gasteiger partial charge in [0, 0.05) is 11.1 Å². The van der Waals surface area contributed by atoms with Crippen molar-refractivity contribution in [2.45, 2.75) is 92.5 Å². The van der Waals surface area contributed by atoms with E-state index in [0.29, 0.717) is 54.8 Å². The van der Waals surface area contributed by atoms with Crippen LogP contribution in [0.4, 0.5) is 0 Å². The van der Waals surface area contributed by atoms with Crippen molar-refractivity contribution in [2.24, 2.45) is 0 Å². The van der Waals surface area contributed by atoms with E-state index < -0.39 is 0 Å². The molecule has 4 aromatic rings. The molecule has 0 N–H and O–H groups in total. The summed E-state index contributed by atoms with van der Waals surface area (Å²) in [5.41, 5.74) is 1.07. The number of aldehydes is 2. The van der Waals surface area contributed by atoms with Crippen LogP contribution in [0.15, 0.2) is 99.8 Å². The summed E-state index contributed by atoms with van der Waals surface area (Å²) in [4.78, 5) is 31.8. The first-order chi connectivity index (χ1) is 23.6. The molecule has 10 heteroatoms. The molecule has 0 aromatic heterocycles. The van der Waals surface area contributed by atoms with Crippen LogP contribution in [0.5, 0.6) is 23.0 Å². The number of carbonyl (C=O) groups excluding carboxylic acids is 2. The largest absolute Gasteiger partial charge is 0.491 e. The average molecular weight is 721 g/mol. The molecule has 0 unspecified atom stereocenters. The Morgan fingerprint density at radius 2 is 0.750 bits per heavy atom. The van der Waals surface area contributed by atoms with E-state index in [0.717, 1.165) is 83.2 Å². The third kappa shape index (κ3) is 8.33. The molecule has 0 aliphatic carbocycles. The maximum absolute atomic E-state index is 12.5. The molecule has 0 radical (unpaired) electrons. The summed E-state index contributed by atoms with van der Waals surface area (Å²) in [6.45, 7) is 10.3. The lowest BCUT2D eigenvalue weighted by molar-refractivity contribution is 0.111. The van der Waals surface area contributed by atoms with Gasteiger partial charge in [0.1, 0.15) is 23.0 Å². The SMILES string of the molecule is CCCOc1c2cccc1Sc1ccc(C=O)c(c1OCCC)Sc1cccc(c1OCCC)Sc1c(C=O)ccc(c1OCCC)S2. The van der Waals surface area contributed by atoms with Crippen molar-refractivity contribution in [1.29, 1.82) is 0 Å². The van der Waals surface area contributed by atoms with E-state index >= 15 is 0 Å². The van der Waals surface area contributed by atoms with Gasteiger partial charge in [0.15, 0.2) is 12.6 Å². The second kappa shape index (κ2) is 18.0. The maximum atomic E-state index is 12.5. The third-order valence-corrected chi connectivity index (χ3v) is 11.5. The average Bonchev–Trinajstić information content (AvgIpc) is 3.10. The highest BCUT2D eigenvalue weighted by molar-refractivity contribution is 8.01.